The van der Waals surface area contributed by atoms with Gasteiger partial charge in [0.1, 0.15) is 0 Å². The maximum Gasteiger partial charge on any atom is 0.265 e. The summed E-state index contributed by atoms with van der Waals surface area (Å²) in [6, 6.07) is 10.6. The molecule has 1 atom stereocenters. The van der Waals surface area contributed by atoms with Crippen LogP contribution in [-0.2, 0) is 0 Å². The number of benzene rings is 1. The van der Waals surface area contributed by atoms with Crippen molar-refractivity contribution in [2.45, 2.75) is 45.6 Å². The van der Waals surface area contributed by atoms with Crippen LogP contribution in [0.15, 0.2) is 36.4 Å². The number of amides is 2. The fraction of sp³-hybridized carbons (Fsp3) is 0.368. The first-order chi connectivity index (χ1) is 12.0. The van der Waals surface area contributed by atoms with E-state index in [0.29, 0.717) is 21.1 Å². The number of thiophene rings is 1. The lowest BCUT2D eigenvalue weighted by Gasteiger charge is -2.12. The van der Waals surface area contributed by atoms with Crippen LogP contribution in [0.2, 0.25) is 0 Å². The molecule has 0 saturated carbocycles. The van der Waals surface area contributed by atoms with Crippen molar-refractivity contribution in [3.8, 4) is 0 Å². The van der Waals surface area contributed by atoms with Crippen molar-refractivity contribution in [2.24, 2.45) is 0 Å². The van der Waals surface area contributed by atoms with Crippen LogP contribution < -0.4 is 16.4 Å². The Hall–Kier alpha value is -2.34. The summed E-state index contributed by atoms with van der Waals surface area (Å²) >= 11 is 1.18. The number of rotatable bonds is 8. The molecule has 2 aromatic rings. The summed E-state index contributed by atoms with van der Waals surface area (Å²) in [6.07, 6.45) is 4.41. The van der Waals surface area contributed by atoms with Gasteiger partial charge >= 0.3 is 0 Å². The van der Waals surface area contributed by atoms with Gasteiger partial charge in [0.25, 0.3) is 11.8 Å². The highest BCUT2D eigenvalue weighted by Gasteiger charge is 2.16. The Morgan fingerprint density at radius 1 is 1.08 bits per heavy atom. The minimum Gasteiger partial charge on any atom is -0.397 e. The Labute approximate surface area is 152 Å². The van der Waals surface area contributed by atoms with E-state index in [1.165, 1.54) is 17.8 Å². The highest BCUT2D eigenvalue weighted by Crippen LogP contribution is 2.21. The van der Waals surface area contributed by atoms with Gasteiger partial charge in [0, 0.05) is 6.04 Å². The van der Waals surface area contributed by atoms with E-state index in [2.05, 4.69) is 17.6 Å². The third-order valence-corrected chi connectivity index (χ3v) is 4.96. The van der Waals surface area contributed by atoms with Crippen molar-refractivity contribution in [3.63, 3.8) is 0 Å². The number of nitrogens with two attached hydrogens (primary N) is 1. The number of anilines is 2. The molecule has 0 radical (unpaired) electrons. The van der Waals surface area contributed by atoms with Crippen LogP contribution in [0.3, 0.4) is 0 Å². The van der Waals surface area contributed by atoms with Gasteiger partial charge in [-0.05, 0) is 37.6 Å². The van der Waals surface area contributed by atoms with Crippen LogP contribution in [0.5, 0.6) is 0 Å². The number of unbranched alkanes of at least 4 members (excludes halogenated alkanes) is 2. The Balaban J connectivity index is 1.93. The second kappa shape index (κ2) is 9.22. The van der Waals surface area contributed by atoms with Crippen LogP contribution in [0.4, 0.5) is 11.4 Å². The lowest BCUT2D eigenvalue weighted by atomic mass is 10.1. The molecule has 0 bridgehead atoms. The number of hydrogen-bond donors (Lipinski definition) is 3. The maximum absolute atomic E-state index is 12.3. The molecule has 6 heteroatoms. The van der Waals surface area contributed by atoms with E-state index < -0.39 is 0 Å². The summed E-state index contributed by atoms with van der Waals surface area (Å²) in [6.45, 7) is 4.16. The van der Waals surface area contributed by atoms with Crippen molar-refractivity contribution in [1.82, 2.24) is 5.32 Å². The topological polar surface area (TPSA) is 84.2 Å². The second-order valence-electron chi connectivity index (χ2n) is 6.08. The molecule has 0 aliphatic heterocycles. The van der Waals surface area contributed by atoms with Crippen molar-refractivity contribution < 1.29 is 9.59 Å². The molecule has 0 aliphatic rings. The van der Waals surface area contributed by atoms with Gasteiger partial charge in [-0.2, -0.15) is 0 Å². The van der Waals surface area contributed by atoms with Crippen LogP contribution in [0.25, 0.3) is 0 Å². The van der Waals surface area contributed by atoms with Gasteiger partial charge < -0.3 is 16.4 Å². The van der Waals surface area contributed by atoms with E-state index in [1.54, 1.807) is 36.4 Å². The zero-order valence-corrected chi connectivity index (χ0v) is 15.5. The maximum atomic E-state index is 12.3. The third kappa shape index (κ3) is 5.60. The molecule has 134 valence electrons. The molecule has 0 aliphatic carbocycles. The molecule has 0 fully saturated rings. The van der Waals surface area contributed by atoms with Gasteiger partial charge in [0.05, 0.1) is 21.1 Å². The molecule has 1 heterocycles. The zero-order valence-electron chi connectivity index (χ0n) is 14.7. The summed E-state index contributed by atoms with van der Waals surface area (Å²) in [7, 11) is 0. The number of nitrogen functional groups attached to an aromatic ring is 1. The highest BCUT2D eigenvalue weighted by atomic mass is 32.1. The summed E-state index contributed by atoms with van der Waals surface area (Å²) in [5, 5.41) is 5.75. The molecule has 4 N–H and O–H groups in total. The molecule has 0 spiro atoms. The van der Waals surface area contributed by atoms with Gasteiger partial charge in [-0.3, -0.25) is 9.59 Å². The molecule has 5 nitrogen and oxygen atoms in total. The first-order valence-electron chi connectivity index (χ1n) is 8.57. The molecular weight excluding hydrogens is 334 g/mol. The Bertz CT molecular complexity index is 727. The van der Waals surface area contributed by atoms with Crippen LogP contribution in [0.1, 0.15) is 58.9 Å². The average Bonchev–Trinajstić information content (AvgIpc) is 3.07. The molecule has 2 amide bonds. The van der Waals surface area contributed by atoms with Crippen LogP contribution >= 0.6 is 11.3 Å². The fourth-order valence-corrected chi connectivity index (χ4v) is 3.25. The van der Waals surface area contributed by atoms with Crippen molar-refractivity contribution >= 4 is 34.5 Å². The summed E-state index contributed by atoms with van der Waals surface area (Å²) in [4.78, 5) is 25.6. The molecule has 0 saturated heterocycles. The minimum atomic E-state index is -0.266. The largest absolute Gasteiger partial charge is 0.397 e. The number of carbonyl (C=O) groups excluding carboxylic acids is 2. The quantitative estimate of drug-likeness (QED) is 0.486. The molecule has 2 rings (SSSR count). The van der Waals surface area contributed by atoms with Crippen LogP contribution in [0, 0.1) is 0 Å². The van der Waals surface area contributed by atoms with E-state index >= 15 is 0 Å². The Morgan fingerprint density at radius 2 is 1.76 bits per heavy atom. The molecular formula is C19H25N3O2S. The number of para-hydroxylation sites is 2. The summed E-state index contributed by atoms with van der Waals surface area (Å²) < 4.78 is 0. The lowest BCUT2D eigenvalue weighted by molar-refractivity contribution is 0.0941. The van der Waals surface area contributed by atoms with E-state index in [1.807, 2.05) is 6.92 Å². The lowest BCUT2D eigenvalue weighted by Crippen LogP contribution is -2.31. The monoisotopic (exact) mass is 359 g/mol. The highest BCUT2D eigenvalue weighted by molar-refractivity contribution is 7.16. The Kier molecular flexibility index (Phi) is 7.01. The van der Waals surface area contributed by atoms with Crippen LogP contribution in [-0.4, -0.2) is 17.9 Å². The van der Waals surface area contributed by atoms with E-state index in [0.717, 1.165) is 19.3 Å². The second-order valence-corrected chi connectivity index (χ2v) is 7.16. The van der Waals surface area contributed by atoms with E-state index in [4.69, 9.17) is 5.73 Å². The van der Waals surface area contributed by atoms with Gasteiger partial charge in [-0.1, -0.05) is 38.3 Å². The van der Waals surface area contributed by atoms with Gasteiger partial charge in [-0.25, -0.2) is 0 Å². The summed E-state index contributed by atoms with van der Waals surface area (Å²) in [5.41, 5.74) is 6.90. The van der Waals surface area contributed by atoms with E-state index in [-0.39, 0.29) is 17.9 Å². The normalized spacial score (nSPS) is 11.8. The first kappa shape index (κ1) is 19.0. The van der Waals surface area contributed by atoms with Gasteiger partial charge in [-0.15, -0.1) is 11.3 Å². The van der Waals surface area contributed by atoms with E-state index in [9.17, 15) is 9.59 Å². The smallest absolute Gasteiger partial charge is 0.265 e. The predicted molar refractivity (Wildman–Crippen MR) is 104 cm³/mol. The average molecular weight is 359 g/mol. The number of hydrogen-bond acceptors (Lipinski definition) is 4. The first-order valence-corrected chi connectivity index (χ1v) is 9.39. The van der Waals surface area contributed by atoms with Gasteiger partial charge in [0.15, 0.2) is 0 Å². The van der Waals surface area contributed by atoms with Crippen molar-refractivity contribution in [2.75, 3.05) is 11.1 Å². The number of nitrogens with one attached hydrogen (secondary N) is 2. The van der Waals surface area contributed by atoms with Crippen molar-refractivity contribution in [1.29, 1.82) is 0 Å². The fourth-order valence-electron chi connectivity index (χ4n) is 2.44. The zero-order chi connectivity index (χ0) is 18.2. The van der Waals surface area contributed by atoms with Crippen molar-refractivity contribution in [3.05, 3.63) is 46.2 Å². The Morgan fingerprint density at radius 3 is 2.44 bits per heavy atom. The summed E-state index contributed by atoms with van der Waals surface area (Å²) in [5.74, 6) is -0.398. The third-order valence-electron chi connectivity index (χ3n) is 3.88. The molecule has 1 aromatic carbocycles. The minimum absolute atomic E-state index is 0.127. The molecule has 25 heavy (non-hydrogen) atoms. The standard InChI is InChI=1S/C19H25N3O2S/c1-3-4-5-8-13(2)21-18(23)16-11-12-17(25-16)19(24)22-15-10-7-6-9-14(15)20/h6-7,9-13H,3-5,8,20H2,1-2H3,(H,21,23)(H,22,24). The van der Waals surface area contributed by atoms with Gasteiger partial charge in [0.2, 0.25) is 0 Å². The number of carbonyl (C=O) groups is 2. The SMILES string of the molecule is CCCCCC(C)NC(=O)c1ccc(C(=O)Nc2ccccc2N)s1. The predicted octanol–water partition coefficient (Wildman–Crippen LogP) is 4.28. The molecule has 1 aromatic heterocycles. The molecule has 1 unspecified atom stereocenters.